The van der Waals surface area contributed by atoms with Crippen molar-refractivity contribution < 1.29 is 4.74 Å². The van der Waals surface area contributed by atoms with Gasteiger partial charge in [0.1, 0.15) is 0 Å². The number of hydrogen-bond donors (Lipinski definition) is 1. The molecule has 0 saturated carbocycles. The van der Waals surface area contributed by atoms with E-state index >= 15 is 0 Å². The first-order chi connectivity index (χ1) is 9.36. The fourth-order valence-corrected chi connectivity index (χ4v) is 3.03. The molecule has 1 aliphatic rings. The van der Waals surface area contributed by atoms with Crippen molar-refractivity contribution in [3.63, 3.8) is 0 Å². The summed E-state index contributed by atoms with van der Waals surface area (Å²) in [6.07, 6.45) is 16.8. The molecule has 0 spiro atoms. The fraction of sp³-hybridized carbons (Fsp3) is 1.00. The van der Waals surface area contributed by atoms with Crippen LogP contribution in [0, 0.1) is 0 Å². The third-order valence-corrected chi connectivity index (χ3v) is 4.43. The van der Waals surface area contributed by atoms with Gasteiger partial charge in [-0.2, -0.15) is 0 Å². The lowest BCUT2D eigenvalue weighted by Gasteiger charge is -2.24. The summed E-state index contributed by atoms with van der Waals surface area (Å²) >= 11 is 0. The number of nitrogens with one attached hydrogen (secondary N) is 1. The maximum absolute atomic E-state index is 5.81. The maximum atomic E-state index is 5.81. The minimum atomic E-state index is 0.550. The Labute approximate surface area is 120 Å². The van der Waals surface area contributed by atoms with E-state index in [2.05, 4.69) is 19.3 Å². The summed E-state index contributed by atoms with van der Waals surface area (Å²) in [5.74, 6) is 0. The predicted octanol–water partition coefficient (Wildman–Crippen LogP) is 4.67. The normalized spacial score (nSPS) is 21.5. The van der Waals surface area contributed by atoms with Crippen molar-refractivity contribution in [2.45, 2.75) is 96.1 Å². The molecule has 2 unspecified atom stereocenters. The number of hydrogen-bond acceptors (Lipinski definition) is 2. The van der Waals surface area contributed by atoms with Gasteiger partial charge in [-0.3, -0.25) is 0 Å². The highest BCUT2D eigenvalue weighted by Gasteiger charge is 2.15. The average Bonchev–Trinajstić information content (AvgIpc) is 2.47. The Kier molecular flexibility index (Phi) is 10.5. The van der Waals surface area contributed by atoms with E-state index in [1.165, 1.54) is 77.0 Å². The van der Waals surface area contributed by atoms with Crippen LogP contribution >= 0.6 is 0 Å². The second kappa shape index (κ2) is 11.7. The van der Waals surface area contributed by atoms with Gasteiger partial charge in [0.15, 0.2) is 0 Å². The Hall–Kier alpha value is -0.0800. The smallest absolute Gasteiger partial charge is 0.0575 e. The lowest BCUT2D eigenvalue weighted by molar-refractivity contribution is 0.00853. The Morgan fingerprint density at radius 1 is 1.05 bits per heavy atom. The average molecular weight is 269 g/mol. The van der Waals surface area contributed by atoms with Gasteiger partial charge in [-0.15, -0.1) is 0 Å². The molecule has 0 aromatic carbocycles. The van der Waals surface area contributed by atoms with Gasteiger partial charge in [-0.05, 0) is 45.6 Å². The van der Waals surface area contributed by atoms with E-state index in [-0.39, 0.29) is 0 Å². The zero-order valence-electron chi connectivity index (χ0n) is 13.3. The van der Waals surface area contributed by atoms with Gasteiger partial charge in [0, 0.05) is 12.6 Å². The van der Waals surface area contributed by atoms with Crippen molar-refractivity contribution in [2.75, 3.05) is 13.7 Å². The molecule has 0 aliphatic carbocycles. The van der Waals surface area contributed by atoms with Gasteiger partial charge in [0.25, 0.3) is 0 Å². The van der Waals surface area contributed by atoms with Gasteiger partial charge in [0.2, 0.25) is 0 Å². The van der Waals surface area contributed by atoms with Crippen molar-refractivity contribution in [3.05, 3.63) is 0 Å². The molecule has 2 nitrogen and oxygen atoms in total. The van der Waals surface area contributed by atoms with E-state index < -0.39 is 0 Å². The summed E-state index contributed by atoms with van der Waals surface area (Å²) in [4.78, 5) is 0. The molecule has 2 atom stereocenters. The van der Waals surface area contributed by atoms with Crippen molar-refractivity contribution in [1.29, 1.82) is 0 Å². The molecule has 0 aromatic rings. The SMILES string of the molecule is CCCCCCCCC(CCC1CCCCO1)NC. The molecule has 0 amide bonds. The van der Waals surface area contributed by atoms with E-state index in [9.17, 15) is 0 Å². The highest BCUT2D eigenvalue weighted by atomic mass is 16.5. The Balaban J connectivity index is 1.98. The standard InChI is InChI=1S/C17H35NO/c1-3-4-5-6-7-8-11-16(18-2)13-14-17-12-9-10-15-19-17/h16-18H,3-15H2,1-2H3. The molecule has 1 rings (SSSR count). The zero-order valence-corrected chi connectivity index (χ0v) is 13.3. The topological polar surface area (TPSA) is 21.3 Å². The molecule has 1 fully saturated rings. The molecule has 1 heterocycles. The van der Waals surface area contributed by atoms with Gasteiger partial charge in [-0.25, -0.2) is 0 Å². The Morgan fingerprint density at radius 3 is 2.53 bits per heavy atom. The highest BCUT2D eigenvalue weighted by Crippen LogP contribution is 2.19. The summed E-state index contributed by atoms with van der Waals surface area (Å²) in [5.41, 5.74) is 0. The molecule has 114 valence electrons. The largest absolute Gasteiger partial charge is 0.378 e. The molecule has 1 N–H and O–H groups in total. The Bertz CT molecular complexity index is 190. The van der Waals surface area contributed by atoms with Crippen LogP contribution < -0.4 is 5.32 Å². The van der Waals surface area contributed by atoms with E-state index in [0.717, 1.165) is 6.61 Å². The molecule has 1 aliphatic heterocycles. The molecule has 0 aromatic heterocycles. The molecular formula is C17H35NO. The number of rotatable bonds is 11. The third-order valence-electron chi connectivity index (χ3n) is 4.43. The van der Waals surface area contributed by atoms with E-state index in [1.54, 1.807) is 0 Å². The zero-order chi connectivity index (χ0) is 13.8. The van der Waals surface area contributed by atoms with Crippen molar-refractivity contribution in [1.82, 2.24) is 5.32 Å². The third kappa shape index (κ3) is 8.65. The van der Waals surface area contributed by atoms with Crippen LogP contribution in [-0.4, -0.2) is 25.8 Å². The summed E-state index contributed by atoms with van der Waals surface area (Å²) in [7, 11) is 2.11. The van der Waals surface area contributed by atoms with Crippen LogP contribution in [0.4, 0.5) is 0 Å². The maximum Gasteiger partial charge on any atom is 0.0575 e. The van der Waals surface area contributed by atoms with Crippen LogP contribution in [0.3, 0.4) is 0 Å². The van der Waals surface area contributed by atoms with Gasteiger partial charge >= 0.3 is 0 Å². The van der Waals surface area contributed by atoms with Crippen LogP contribution in [0.5, 0.6) is 0 Å². The molecular weight excluding hydrogens is 234 g/mol. The van der Waals surface area contributed by atoms with E-state index in [0.29, 0.717) is 12.1 Å². The van der Waals surface area contributed by atoms with Crippen molar-refractivity contribution >= 4 is 0 Å². The lowest BCUT2D eigenvalue weighted by atomic mass is 9.98. The number of ether oxygens (including phenoxy) is 1. The van der Waals surface area contributed by atoms with Gasteiger partial charge in [-0.1, -0.05) is 45.4 Å². The second-order valence-corrected chi connectivity index (χ2v) is 6.11. The van der Waals surface area contributed by atoms with Crippen LogP contribution in [0.2, 0.25) is 0 Å². The van der Waals surface area contributed by atoms with Crippen LogP contribution in [-0.2, 0) is 4.74 Å². The Morgan fingerprint density at radius 2 is 1.84 bits per heavy atom. The first-order valence-electron chi connectivity index (χ1n) is 8.65. The van der Waals surface area contributed by atoms with Crippen molar-refractivity contribution in [3.8, 4) is 0 Å². The van der Waals surface area contributed by atoms with E-state index in [1.807, 2.05) is 0 Å². The molecule has 1 saturated heterocycles. The monoisotopic (exact) mass is 269 g/mol. The van der Waals surface area contributed by atoms with Crippen molar-refractivity contribution in [2.24, 2.45) is 0 Å². The van der Waals surface area contributed by atoms with Crippen LogP contribution in [0.15, 0.2) is 0 Å². The summed E-state index contributed by atoms with van der Waals surface area (Å²) in [6.45, 7) is 3.27. The highest BCUT2D eigenvalue weighted by molar-refractivity contribution is 4.70. The molecule has 0 radical (unpaired) electrons. The molecule has 0 bridgehead atoms. The molecule has 2 heteroatoms. The van der Waals surface area contributed by atoms with E-state index in [4.69, 9.17) is 4.74 Å². The first kappa shape index (κ1) is 17.0. The number of unbranched alkanes of at least 4 members (excludes halogenated alkanes) is 5. The second-order valence-electron chi connectivity index (χ2n) is 6.11. The van der Waals surface area contributed by atoms with Gasteiger partial charge in [0.05, 0.1) is 6.10 Å². The van der Waals surface area contributed by atoms with Crippen LogP contribution in [0.25, 0.3) is 0 Å². The minimum absolute atomic E-state index is 0.550. The van der Waals surface area contributed by atoms with Gasteiger partial charge < -0.3 is 10.1 Å². The predicted molar refractivity (Wildman–Crippen MR) is 83.7 cm³/mol. The van der Waals surface area contributed by atoms with Crippen LogP contribution in [0.1, 0.15) is 84.0 Å². The first-order valence-corrected chi connectivity index (χ1v) is 8.65. The fourth-order valence-electron chi connectivity index (χ4n) is 3.03. The summed E-state index contributed by atoms with van der Waals surface area (Å²) in [6, 6.07) is 0.705. The summed E-state index contributed by atoms with van der Waals surface area (Å²) < 4.78 is 5.81. The minimum Gasteiger partial charge on any atom is -0.378 e. The molecule has 19 heavy (non-hydrogen) atoms. The lowest BCUT2D eigenvalue weighted by Crippen LogP contribution is -2.28. The summed E-state index contributed by atoms with van der Waals surface area (Å²) in [5, 5.41) is 3.49. The quantitative estimate of drug-likeness (QED) is 0.550.